The molecule has 5 amide bonds. The molecule has 2 N–H and O–H groups in total. The van der Waals surface area contributed by atoms with Crippen molar-refractivity contribution >= 4 is 41.2 Å². The van der Waals surface area contributed by atoms with Crippen molar-refractivity contribution in [1.82, 2.24) is 10.2 Å². The van der Waals surface area contributed by atoms with Gasteiger partial charge in [0.15, 0.2) is 0 Å². The fraction of sp³-hybridized carbons (Fsp3) is 0.721. The van der Waals surface area contributed by atoms with Crippen molar-refractivity contribution in [2.75, 3.05) is 158 Å². The van der Waals surface area contributed by atoms with Crippen molar-refractivity contribution in [3.63, 3.8) is 0 Å². The predicted molar refractivity (Wildman–Crippen MR) is 226 cm³/mol. The van der Waals surface area contributed by atoms with Gasteiger partial charge in [-0.05, 0) is 31.4 Å². The molecule has 0 saturated carbocycles. The molecule has 0 spiro atoms. The van der Waals surface area contributed by atoms with Crippen LogP contribution in [0.5, 0.6) is 0 Å². The van der Waals surface area contributed by atoms with Gasteiger partial charge < -0.3 is 62.2 Å². The van der Waals surface area contributed by atoms with E-state index in [1.54, 1.807) is 12.1 Å². The summed E-state index contributed by atoms with van der Waals surface area (Å²) in [7, 11) is 1.34. The van der Waals surface area contributed by atoms with Gasteiger partial charge in [-0.25, -0.2) is 0 Å². The highest BCUT2D eigenvalue weighted by atomic mass is 16.6. The minimum Gasteiger partial charge on any atom is -0.469 e. The summed E-state index contributed by atoms with van der Waals surface area (Å²) in [5, 5.41) is 4.90. The van der Waals surface area contributed by atoms with Crippen molar-refractivity contribution in [1.29, 1.82) is 0 Å². The molecule has 21 heteroatoms. The summed E-state index contributed by atoms with van der Waals surface area (Å²) >= 11 is 0. The first-order chi connectivity index (χ1) is 31.3. The number of carbonyl (C=O) groups is 6. The van der Waals surface area contributed by atoms with Crippen LogP contribution >= 0.6 is 0 Å². The molecule has 2 aliphatic heterocycles. The predicted octanol–water partition coefficient (Wildman–Crippen LogP) is 1.33. The van der Waals surface area contributed by atoms with E-state index in [9.17, 15) is 28.8 Å². The standard InChI is InChI=1S/C43H67N3O18/c1-53-39(49)11-13-55-15-17-57-19-21-59-23-25-61-27-29-63-31-33-64-32-30-62-28-26-60-24-22-58-20-18-56-16-14-54-12-4-2-3-8-37(47)44-35-7-5-6-34-40(35)43(52)46(42(34)51)36-9-10-38(48)45-41(36)50/h5-7,36H,2-4,8-33H2,1H3,(H,44,47)(H,45,48,50). The highest BCUT2D eigenvalue weighted by molar-refractivity contribution is 6.26. The Morgan fingerprint density at radius 3 is 1.44 bits per heavy atom. The third-order valence-electron chi connectivity index (χ3n) is 9.33. The summed E-state index contributed by atoms with van der Waals surface area (Å²) in [5.41, 5.74) is 0.370. The second-order valence-corrected chi connectivity index (χ2v) is 14.1. The number of unbranched alkanes of at least 4 members (excludes halogenated alkanes) is 2. The number of esters is 1. The van der Waals surface area contributed by atoms with Gasteiger partial charge in [0.05, 0.1) is 169 Å². The number of piperidine rings is 1. The monoisotopic (exact) mass is 913 g/mol. The van der Waals surface area contributed by atoms with E-state index >= 15 is 0 Å². The molecule has 362 valence electrons. The Kier molecular flexibility index (Phi) is 30.0. The van der Waals surface area contributed by atoms with Crippen LogP contribution in [-0.2, 0) is 76.0 Å². The molecule has 1 saturated heterocycles. The second kappa shape index (κ2) is 35.3. The number of nitrogens with one attached hydrogen (secondary N) is 2. The average molecular weight is 914 g/mol. The molecule has 3 rings (SSSR count). The van der Waals surface area contributed by atoms with Crippen molar-refractivity contribution in [3.05, 3.63) is 29.3 Å². The van der Waals surface area contributed by atoms with Crippen molar-refractivity contribution < 1.29 is 85.6 Å². The minimum absolute atomic E-state index is 0.0247. The van der Waals surface area contributed by atoms with E-state index in [4.69, 9.17) is 52.1 Å². The van der Waals surface area contributed by atoms with E-state index in [0.29, 0.717) is 152 Å². The van der Waals surface area contributed by atoms with Crippen LogP contribution in [-0.4, -0.2) is 199 Å². The Balaban J connectivity index is 0.979. The topological polar surface area (TPSA) is 240 Å². The van der Waals surface area contributed by atoms with Crippen LogP contribution in [0.4, 0.5) is 5.69 Å². The molecular weight excluding hydrogens is 846 g/mol. The van der Waals surface area contributed by atoms with E-state index < -0.39 is 29.7 Å². The van der Waals surface area contributed by atoms with E-state index in [1.807, 2.05) is 0 Å². The van der Waals surface area contributed by atoms with Gasteiger partial charge in [-0.1, -0.05) is 12.5 Å². The molecule has 1 aromatic carbocycles. The maximum absolute atomic E-state index is 13.2. The van der Waals surface area contributed by atoms with Gasteiger partial charge >= 0.3 is 5.97 Å². The molecule has 2 heterocycles. The molecule has 21 nitrogen and oxygen atoms in total. The largest absolute Gasteiger partial charge is 0.469 e. The van der Waals surface area contributed by atoms with Crippen LogP contribution in [0.25, 0.3) is 0 Å². The van der Waals surface area contributed by atoms with Crippen LogP contribution in [0.1, 0.15) is 65.7 Å². The molecule has 2 aliphatic rings. The Labute approximate surface area is 374 Å². The molecule has 1 atom stereocenters. The zero-order valence-corrected chi connectivity index (χ0v) is 37.1. The Morgan fingerprint density at radius 2 is 1.00 bits per heavy atom. The number of fused-ring (bicyclic) bond motifs is 1. The Hall–Kier alpha value is -4.00. The number of rotatable bonds is 41. The minimum atomic E-state index is -1.08. The number of imide groups is 2. The summed E-state index contributed by atoms with van der Waals surface area (Å²) in [4.78, 5) is 74.5. The van der Waals surface area contributed by atoms with Gasteiger partial charge in [-0.2, -0.15) is 0 Å². The van der Waals surface area contributed by atoms with Gasteiger partial charge in [0, 0.05) is 19.4 Å². The Morgan fingerprint density at radius 1 is 0.562 bits per heavy atom. The second-order valence-electron chi connectivity index (χ2n) is 14.1. The van der Waals surface area contributed by atoms with Crippen molar-refractivity contribution in [2.45, 2.75) is 51.0 Å². The van der Waals surface area contributed by atoms with Gasteiger partial charge in [0.25, 0.3) is 11.8 Å². The van der Waals surface area contributed by atoms with E-state index in [2.05, 4.69) is 15.4 Å². The summed E-state index contributed by atoms with van der Waals surface area (Å²) in [6.07, 6.45) is 2.65. The van der Waals surface area contributed by atoms with Crippen molar-refractivity contribution in [3.8, 4) is 0 Å². The van der Waals surface area contributed by atoms with Crippen LogP contribution < -0.4 is 10.6 Å². The lowest BCUT2D eigenvalue weighted by molar-refractivity contribution is -0.142. The smallest absolute Gasteiger partial charge is 0.307 e. The fourth-order valence-corrected chi connectivity index (χ4v) is 6.06. The SMILES string of the molecule is COC(=O)CCOCCOCCOCCOCCOCCOCCOCCOCCOCCOCCOCCCCCC(=O)Nc1cccc2c1C(=O)N(C1CCC(=O)NC1=O)C2=O. The zero-order chi connectivity index (χ0) is 45.9. The molecule has 0 radical (unpaired) electrons. The normalized spacial score (nSPS) is 14.9. The van der Waals surface area contributed by atoms with E-state index in [0.717, 1.165) is 17.7 Å². The number of benzene rings is 1. The van der Waals surface area contributed by atoms with E-state index in [1.165, 1.54) is 13.2 Å². The molecule has 0 aliphatic carbocycles. The molecular formula is C43H67N3O18. The zero-order valence-electron chi connectivity index (χ0n) is 37.1. The fourth-order valence-electron chi connectivity index (χ4n) is 6.06. The quantitative estimate of drug-likeness (QED) is 0.0535. The summed E-state index contributed by atoms with van der Waals surface area (Å²) in [6, 6.07) is 3.52. The third kappa shape index (κ3) is 23.3. The van der Waals surface area contributed by atoms with Crippen LogP contribution in [0.15, 0.2) is 18.2 Å². The molecule has 1 fully saturated rings. The lowest BCUT2D eigenvalue weighted by Gasteiger charge is -2.27. The summed E-state index contributed by atoms with van der Waals surface area (Å²) < 4.78 is 64.6. The number of hydrogen-bond acceptors (Lipinski definition) is 18. The maximum atomic E-state index is 13.2. The molecule has 0 aromatic heterocycles. The number of nitrogens with zero attached hydrogens (tertiary/aromatic N) is 1. The van der Waals surface area contributed by atoms with Gasteiger partial charge in [-0.15, -0.1) is 0 Å². The summed E-state index contributed by atoms with van der Waals surface area (Å²) in [5.74, 6) is -3.03. The lowest BCUT2D eigenvalue weighted by Crippen LogP contribution is -2.54. The van der Waals surface area contributed by atoms with E-state index in [-0.39, 0.29) is 54.4 Å². The first-order valence-corrected chi connectivity index (χ1v) is 21.9. The van der Waals surface area contributed by atoms with Gasteiger partial charge in [-0.3, -0.25) is 39.0 Å². The first-order valence-electron chi connectivity index (χ1n) is 21.9. The number of carbonyl (C=O) groups excluding carboxylic acids is 6. The number of methoxy groups -OCH3 is 1. The van der Waals surface area contributed by atoms with Gasteiger partial charge in [0.2, 0.25) is 17.7 Å². The number of amides is 5. The number of hydrogen-bond donors (Lipinski definition) is 2. The molecule has 1 aromatic rings. The summed E-state index contributed by atoms with van der Waals surface area (Å²) in [6.45, 7) is 9.91. The maximum Gasteiger partial charge on any atom is 0.307 e. The highest BCUT2D eigenvalue weighted by Gasteiger charge is 2.45. The lowest BCUT2D eigenvalue weighted by atomic mass is 10.0. The van der Waals surface area contributed by atoms with Gasteiger partial charge in [0.1, 0.15) is 6.04 Å². The Bertz CT molecular complexity index is 1520. The first kappa shape index (κ1) is 54.3. The number of anilines is 1. The van der Waals surface area contributed by atoms with Crippen LogP contribution in [0.2, 0.25) is 0 Å². The van der Waals surface area contributed by atoms with Crippen LogP contribution in [0.3, 0.4) is 0 Å². The molecule has 0 bridgehead atoms. The third-order valence-corrected chi connectivity index (χ3v) is 9.33. The van der Waals surface area contributed by atoms with Crippen molar-refractivity contribution in [2.24, 2.45) is 0 Å². The average Bonchev–Trinajstić information content (AvgIpc) is 3.54. The molecule has 64 heavy (non-hydrogen) atoms. The number of ether oxygens (including phenoxy) is 12. The van der Waals surface area contributed by atoms with Crippen LogP contribution in [0, 0.1) is 0 Å². The molecule has 1 unspecified atom stereocenters. The highest BCUT2D eigenvalue weighted by Crippen LogP contribution is 2.32.